The van der Waals surface area contributed by atoms with Gasteiger partial charge in [-0.05, 0) is 54.7 Å². The van der Waals surface area contributed by atoms with Gasteiger partial charge in [-0.1, -0.05) is 55.3 Å². The molecule has 5 nitrogen and oxygen atoms in total. The van der Waals surface area contributed by atoms with E-state index < -0.39 is 5.82 Å². The summed E-state index contributed by atoms with van der Waals surface area (Å²) < 4.78 is 14.6. The number of pyridine rings is 1. The maximum atomic E-state index is 14.6. The van der Waals surface area contributed by atoms with E-state index in [1.807, 2.05) is 48.2 Å². The molecule has 3 heterocycles. The third kappa shape index (κ3) is 4.78. The van der Waals surface area contributed by atoms with Crippen molar-refractivity contribution < 1.29 is 14.0 Å². The van der Waals surface area contributed by atoms with E-state index in [0.29, 0.717) is 36.9 Å². The van der Waals surface area contributed by atoms with E-state index in [1.54, 1.807) is 18.3 Å². The zero-order chi connectivity index (χ0) is 25.2. The summed E-state index contributed by atoms with van der Waals surface area (Å²) in [6, 6.07) is 16.2. The highest BCUT2D eigenvalue weighted by Gasteiger charge is 2.30. The molecule has 2 aliphatic heterocycles. The van der Waals surface area contributed by atoms with Crippen molar-refractivity contribution in [2.24, 2.45) is 5.92 Å². The standard InChI is InChI=1S/C29H27ClFN3O2/c1-18-6-4-11-26(34-15-13-20(17-27(34)35)22-8-5-9-23(30)28(22)31)25-16-19(12-14-32-25)21-7-2-3-10-24(21)33-29(18)36/h2-3,5,7-10,12,14,16-18,26H,4,6,11,13,15H2,1H3,(H,33,36). The largest absolute Gasteiger partial charge is 0.330 e. The van der Waals surface area contributed by atoms with E-state index in [1.165, 1.54) is 12.1 Å². The Kier molecular flexibility index (Phi) is 6.88. The first-order valence-electron chi connectivity index (χ1n) is 12.2. The number of anilines is 1. The Balaban J connectivity index is 1.52. The molecule has 5 rings (SSSR count). The molecule has 1 aromatic heterocycles. The minimum atomic E-state index is -0.502. The summed E-state index contributed by atoms with van der Waals surface area (Å²) in [4.78, 5) is 32.7. The Hall–Kier alpha value is -3.51. The summed E-state index contributed by atoms with van der Waals surface area (Å²) in [7, 11) is 0. The highest BCUT2D eigenvalue weighted by molar-refractivity contribution is 6.31. The molecule has 0 spiro atoms. The zero-order valence-electron chi connectivity index (χ0n) is 20.0. The fraction of sp³-hybridized carbons (Fsp3) is 0.276. The fourth-order valence-electron chi connectivity index (χ4n) is 5.04. The Morgan fingerprint density at radius 3 is 2.69 bits per heavy atom. The van der Waals surface area contributed by atoms with Gasteiger partial charge in [0.2, 0.25) is 11.8 Å². The van der Waals surface area contributed by atoms with Crippen LogP contribution in [0.15, 0.2) is 66.9 Å². The molecule has 2 amide bonds. The van der Waals surface area contributed by atoms with Crippen molar-refractivity contribution in [2.75, 3.05) is 11.9 Å². The van der Waals surface area contributed by atoms with E-state index in [4.69, 9.17) is 11.6 Å². The van der Waals surface area contributed by atoms with Gasteiger partial charge in [0.1, 0.15) is 5.82 Å². The molecule has 2 aromatic carbocycles. The van der Waals surface area contributed by atoms with Crippen molar-refractivity contribution in [1.82, 2.24) is 9.88 Å². The van der Waals surface area contributed by atoms with Gasteiger partial charge in [0.05, 0.1) is 16.8 Å². The van der Waals surface area contributed by atoms with Crippen LogP contribution in [-0.4, -0.2) is 28.2 Å². The monoisotopic (exact) mass is 503 g/mol. The summed E-state index contributed by atoms with van der Waals surface area (Å²) in [6.07, 6.45) is 5.92. The average molecular weight is 504 g/mol. The second-order valence-electron chi connectivity index (χ2n) is 9.40. The Labute approximate surface area is 215 Å². The SMILES string of the molecule is CC1CCCC(N2CCC(c3cccc(Cl)c3F)=CC2=O)c2cc(ccn2)-c2ccccc2NC1=O. The topological polar surface area (TPSA) is 62.3 Å². The Morgan fingerprint density at radius 1 is 1.06 bits per heavy atom. The maximum absolute atomic E-state index is 14.6. The molecule has 0 aliphatic carbocycles. The zero-order valence-corrected chi connectivity index (χ0v) is 20.8. The molecule has 7 heteroatoms. The summed E-state index contributed by atoms with van der Waals surface area (Å²) in [6.45, 7) is 2.37. The van der Waals surface area contributed by atoms with Crippen molar-refractivity contribution in [3.05, 3.63) is 89.0 Å². The second-order valence-corrected chi connectivity index (χ2v) is 9.81. The first kappa shape index (κ1) is 24.2. The first-order chi connectivity index (χ1) is 17.4. The van der Waals surface area contributed by atoms with Crippen molar-refractivity contribution in [3.63, 3.8) is 0 Å². The quantitative estimate of drug-likeness (QED) is 0.425. The third-order valence-corrected chi connectivity index (χ3v) is 7.35. The van der Waals surface area contributed by atoms with Crippen LogP contribution in [-0.2, 0) is 9.59 Å². The van der Waals surface area contributed by atoms with Crippen molar-refractivity contribution >= 4 is 34.7 Å². The summed E-state index contributed by atoms with van der Waals surface area (Å²) in [5.41, 5.74) is 4.41. The number of amides is 2. The third-order valence-electron chi connectivity index (χ3n) is 7.06. The highest BCUT2D eigenvalue weighted by atomic mass is 35.5. The minimum Gasteiger partial charge on any atom is -0.330 e. The van der Waals surface area contributed by atoms with Crippen LogP contribution in [0, 0.1) is 11.7 Å². The lowest BCUT2D eigenvalue weighted by Gasteiger charge is -2.34. The van der Waals surface area contributed by atoms with Gasteiger partial charge in [-0.2, -0.15) is 0 Å². The smallest absolute Gasteiger partial charge is 0.247 e. The van der Waals surface area contributed by atoms with Gasteiger partial charge >= 0.3 is 0 Å². The molecule has 2 atom stereocenters. The van der Waals surface area contributed by atoms with Gasteiger partial charge in [-0.3, -0.25) is 14.6 Å². The van der Waals surface area contributed by atoms with Crippen LogP contribution in [0.3, 0.4) is 0 Å². The van der Waals surface area contributed by atoms with E-state index in [2.05, 4.69) is 10.3 Å². The fourth-order valence-corrected chi connectivity index (χ4v) is 5.21. The predicted octanol–water partition coefficient (Wildman–Crippen LogP) is 6.66. The molecule has 2 unspecified atom stereocenters. The van der Waals surface area contributed by atoms with Gasteiger partial charge in [0.25, 0.3) is 0 Å². The van der Waals surface area contributed by atoms with Gasteiger partial charge in [-0.15, -0.1) is 0 Å². The molecule has 2 aliphatic rings. The summed E-state index contributed by atoms with van der Waals surface area (Å²) >= 11 is 5.97. The van der Waals surface area contributed by atoms with Gasteiger partial charge in [0, 0.05) is 41.5 Å². The molecule has 0 fully saturated rings. The number of benzene rings is 2. The number of para-hydroxylation sites is 1. The molecule has 3 aromatic rings. The number of nitrogens with one attached hydrogen (secondary N) is 1. The molecular formula is C29H27ClFN3O2. The molecule has 2 bridgehead atoms. The van der Waals surface area contributed by atoms with Crippen LogP contribution in [0.2, 0.25) is 5.02 Å². The molecule has 0 radical (unpaired) electrons. The van der Waals surface area contributed by atoms with Gasteiger partial charge in [0.15, 0.2) is 0 Å². The lowest BCUT2D eigenvalue weighted by atomic mass is 9.93. The number of hydrogen-bond donors (Lipinski definition) is 1. The number of carbonyl (C=O) groups excluding carboxylic acids is 2. The molecule has 0 saturated heterocycles. The average Bonchev–Trinajstić information content (AvgIpc) is 2.88. The number of fused-ring (bicyclic) bond motifs is 4. The van der Waals surface area contributed by atoms with E-state index in [9.17, 15) is 14.0 Å². The molecule has 1 N–H and O–H groups in total. The molecular weight excluding hydrogens is 477 g/mol. The van der Waals surface area contributed by atoms with Gasteiger partial charge < -0.3 is 10.2 Å². The van der Waals surface area contributed by atoms with Crippen molar-refractivity contribution in [1.29, 1.82) is 0 Å². The van der Waals surface area contributed by atoms with Crippen molar-refractivity contribution in [3.8, 4) is 11.1 Å². The first-order valence-corrected chi connectivity index (χ1v) is 12.6. The van der Waals surface area contributed by atoms with Crippen LogP contribution >= 0.6 is 11.6 Å². The van der Waals surface area contributed by atoms with Gasteiger partial charge in [-0.25, -0.2) is 4.39 Å². The molecule has 0 saturated carbocycles. The minimum absolute atomic E-state index is 0.0148. The van der Waals surface area contributed by atoms with Crippen LogP contribution in [0.5, 0.6) is 0 Å². The number of hydrogen-bond acceptors (Lipinski definition) is 3. The predicted molar refractivity (Wildman–Crippen MR) is 140 cm³/mol. The highest BCUT2D eigenvalue weighted by Crippen LogP contribution is 2.36. The maximum Gasteiger partial charge on any atom is 0.247 e. The van der Waals surface area contributed by atoms with E-state index in [0.717, 1.165) is 28.9 Å². The second kappa shape index (κ2) is 10.2. The lowest BCUT2D eigenvalue weighted by molar-refractivity contribution is -0.129. The number of nitrogens with zero attached hydrogens (tertiary/aromatic N) is 2. The van der Waals surface area contributed by atoms with E-state index in [-0.39, 0.29) is 28.8 Å². The number of halogens is 2. The summed E-state index contributed by atoms with van der Waals surface area (Å²) in [5.74, 6) is -0.859. The molecule has 36 heavy (non-hydrogen) atoms. The van der Waals surface area contributed by atoms with Crippen LogP contribution in [0.25, 0.3) is 16.7 Å². The number of carbonyl (C=O) groups is 2. The van der Waals surface area contributed by atoms with Crippen LogP contribution in [0.1, 0.15) is 49.9 Å². The Bertz CT molecular complexity index is 1360. The lowest BCUT2D eigenvalue weighted by Crippen LogP contribution is -2.38. The normalized spacial score (nSPS) is 20.5. The van der Waals surface area contributed by atoms with E-state index >= 15 is 0 Å². The molecule has 184 valence electrons. The number of rotatable bonds is 2. The van der Waals surface area contributed by atoms with Crippen molar-refractivity contribution in [2.45, 2.75) is 38.6 Å². The summed E-state index contributed by atoms with van der Waals surface area (Å²) in [5, 5.41) is 3.12. The van der Waals surface area contributed by atoms with Crippen LogP contribution in [0.4, 0.5) is 10.1 Å². The van der Waals surface area contributed by atoms with Crippen LogP contribution < -0.4 is 5.32 Å². The number of aromatic nitrogens is 1. The Morgan fingerprint density at radius 2 is 1.86 bits per heavy atom.